The first-order valence-corrected chi connectivity index (χ1v) is 6.47. The number of hydrogen-bond acceptors (Lipinski definition) is 2. The third kappa shape index (κ3) is 3.86. The highest BCUT2D eigenvalue weighted by molar-refractivity contribution is 6.32. The van der Waals surface area contributed by atoms with Crippen LogP contribution in [0.4, 0.5) is 10.1 Å². The Morgan fingerprint density at radius 3 is 2.74 bits per heavy atom. The van der Waals surface area contributed by atoms with Gasteiger partial charge in [-0.3, -0.25) is 0 Å². The van der Waals surface area contributed by atoms with E-state index in [4.69, 9.17) is 16.3 Å². The molecule has 4 heteroatoms. The van der Waals surface area contributed by atoms with Crippen molar-refractivity contribution in [1.82, 2.24) is 0 Å². The van der Waals surface area contributed by atoms with E-state index in [-0.39, 0.29) is 12.4 Å². The van der Waals surface area contributed by atoms with Crippen LogP contribution < -0.4 is 10.1 Å². The van der Waals surface area contributed by atoms with Crippen LogP contribution >= 0.6 is 11.6 Å². The van der Waals surface area contributed by atoms with E-state index in [9.17, 15) is 4.39 Å². The molecule has 0 aliphatic rings. The third-order valence-electron chi connectivity index (χ3n) is 2.60. The van der Waals surface area contributed by atoms with Gasteiger partial charge in [-0.2, -0.15) is 0 Å². The number of anilines is 1. The van der Waals surface area contributed by atoms with Crippen molar-refractivity contribution in [3.63, 3.8) is 0 Å². The van der Waals surface area contributed by atoms with Crippen molar-refractivity contribution in [2.24, 2.45) is 0 Å². The lowest BCUT2D eigenvalue weighted by molar-refractivity contribution is 0.306. The van der Waals surface area contributed by atoms with E-state index in [1.165, 1.54) is 12.1 Å². The van der Waals surface area contributed by atoms with Gasteiger partial charge in [0, 0.05) is 12.2 Å². The topological polar surface area (TPSA) is 21.3 Å². The van der Waals surface area contributed by atoms with Crippen LogP contribution in [0.5, 0.6) is 5.75 Å². The minimum atomic E-state index is -0.269. The number of halogens is 2. The monoisotopic (exact) mass is 279 g/mol. The van der Waals surface area contributed by atoms with Crippen LogP contribution in [0.3, 0.4) is 0 Å². The maximum atomic E-state index is 13.0. The van der Waals surface area contributed by atoms with Crippen LogP contribution in [0.2, 0.25) is 5.02 Å². The predicted octanol–water partition coefficient (Wildman–Crippen LogP) is 4.49. The fourth-order valence-corrected chi connectivity index (χ4v) is 1.95. The van der Waals surface area contributed by atoms with Gasteiger partial charge in [-0.1, -0.05) is 23.7 Å². The standard InChI is InChI=1S/C15H15ClFNO/c1-2-18-13-6-7-15(14(16)9-13)19-10-11-4-3-5-12(17)8-11/h3-9,18H,2,10H2,1H3. The predicted molar refractivity (Wildman–Crippen MR) is 76.3 cm³/mol. The summed E-state index contributed by atoms with van der Waals surface area (Å²) in [5, 5.41) is 3.70. The van der Waals surface area contributed by atoms with Gasteiger partial charge in [0.15, 0.2) is 0 Å². The van der Waals surface area contributed by atoms with Gasteiger partial charge in [-0.25, -0.2) is 4.39 Å². The summed E-state index contributed by atoms with van der Waals surface area (Å²) in [7, 11) is 0. The zero-order chi connectivity index (χ0) is 13.7. The molecule has 2 aromatic carbocycles. The summed E-state index contributed by atoms with van der Waals surface area (Å²) < 4.78 is 18.6. The van der Waals surface area contributed by atoms with E-state index in [0.717, 1.165) is 17.8 Å². The molecule has 0 amide bonds. The maximum Gasteiger partial charge on any atom is 0.138 e. The molecular weight excluding hydrogens is 265 g/mol. The van der Waals surface area contributed by atoms with Gasteiger partial charge in [-0.05, 0) is 42.8 Å². The van der Waals surface area contributed by atoms with Crippen molar-refractivity contribution >= 4 is 17.3 Å². The number of ether oxygens (including phenoxy) is 1. The van der Waals surface area contributed by atoms with Gasteiger partial charge in [0.2, 0.25) is 0 Å². The normalized spacial score (nSPS) is 10.3. The lowest BCUT2D eigenvalue weighted by Crippen LogP contribution is -1.99. The lowest BCUT2D eigenvalue weighted by atomic mass is 10.2. The minimum Gasteiger partial charge on any atom is -0.487 e. The average Bonchev–Trinajstić information content (AvgIpc) is 2.38. The molecule has 2 aromatic rings. The van der Waals surface area contributed by atoms with Gasteiger partial charge in [0.25, 0.3) is 0 Å². The SMILES string of the molecule is CCNc1ccc(OCc2cccc(F)c2)c(Cl)c1. The zero-order valence-electron chi connectivity index (χ0n) is 10.6. The summed E-state index contributed by atoms with van der Waals surface area (Å²) in [4.78, 5) is 0. The highest BCUT2D eigenvalue weighted by atomic mass is 35.5. The molecule has 0 fully saturated rings. The third-order valence-corrected chi connectivity index (χ3v) is 2.89. The van der Waals surface area contributed by atoms with Crippen molar-refractivity contribution in [2.75, 3.05) is 11.9 Å². The van der Waals surface area contributed by atoms with Gasteiger partial charge in [-0.15, -0.1) is 0 Å². The zero-order valence-corrected chi connectivity index (χ0v) is 11.4. The summed E-state index contributed by atoms with van der Waals surface area (Å²) in [5.41, 5.74) is 1.72. The molecule has 0 aliphatic carbocycles. The molecule has 0 spiro atoms. The second-order valence-electron chi connectivity index (χ2n) is 4.09. The van der Waals surface area contributed by atoms with E-state index in [2.05, 4.69) is 5.32 Å². The summed E-state index contributed by atoms with van der Waals surface area (Å²) in [6.07, 6.45) is 0. The Morgan fingerprint density at radius 1 is 1.21 bits per heavy atom. The molecule has 0 aromatic heterocycles. The quantitative estimate of drug-likeness (QED) is 0.871. The van der Waals surface area contributed by atoms with Crippen molar-refractivity contribution in [3.05, 3.63) is 58.9 Å². The van der Waals surface area contributed by atoms with Crippen molar-refractivity contribution in [1.29, 1.82) is 0 Å². The first-order chi connectivity index (χ1) is 9.19. The summed E-state index contributed by atoms with van der Waals surface area (Å²) in [5.74, 6) is 0.322. The van der Waals surface area contributed by atoms with Gasteiger partial charge >= 0.3 is 0 Å². The number of rotatable bonds is 5. The van der Waals surface area contributed by atoms with Crippen molar-refractivity contribution in [2.45, 2.75) is 13.5 Å². The second kappa shape index (κ2) is 6.43. The van der Waals surface area contributed by atoms with Crippen LogP contribution in [0.25, 0.3) is 0 Å². The molecule has 2 nitrogen and oxygen atoms in total. The molecule has 19 heavy (non-hydrogen) atoms. The molecule has 0 unspecified atom stereocenters. The van der Waals surface area contributed by atoms with Crippen LogP contribution in [0, 0.1) is 5.82 Å². The Balaban J connectivity index is 2.03. The van der Waals surface area contributed by atoms with Crippen LogP contribution in [0.1, 0.15) is 12.5 Å². The maximum absolute atomic E-state index is 13.0. The molecule has 0 saturated carbocycles. The summed E-state index contributed by atoms with van der Waals surface area (Å²) in [6.45, 7) is 3.14. The number of benzene rings is 2. The van der Waals surface area contributed by atoms with E-state index >= 15 is 0 Å². The molecule has 0 radical (unpaired) electrons. The summed E-state index contributed by atoms with van der Waals surface area (Å²) in [6, 6.07) is 11.8. The van der Waals surface area contributed by atoms with E-state index in [1.807, 2.05) is 25.1 Å². The molecule has 1 N–H and O–H groups in total. The first-order valence-electron chi connectivity index (χ1n) is 6.09. The molecule has 0 atom stereocenters. The van der Waals surface area contributed by atoms with Gasteiger partial charge < -0.3 is 10.1 Å². The van der Waals surface area contributed by atoms with E-state index in [0.29, 0.717) is 10.8 Å². The Labute approximate surface area is 117 Å². The molecule has 0 heterocycles. The molecule has 2 rings (SSSR count). The lowest BCUT2D eigenvalue weighted by Gasteiger charge is -2.10. The molecule has 0 bridgehead atoms. The first kappa shape index (κ1) is 13.7. The highest BCUT2D eigenvalue weighted by Gasteiger charge is 2.04. The Hall–Kier alpha value is -1.74. The second-order valence-corrected chi connectivity index (χ2v) is 4.50. The Morgan fingerprint density at radius 2 is 2.05 bits per heavy atom. The minimum absolute atomic E-state index is 0.269. The molecule has 0 aliphatic heterocycles. The van der Waals surface area contributed by atoms with E-state index < -0.39 is 0 Å². The smallest absolute Gasteiger partial charge is 0.138 e. The largest absolute Gasteiger partial charge is 0.487 e. The highest BCUT2D eigenvalue weighted by Crippen LogP contribution is 2.28. The number of nitrogens with one attached hydrogen (secondary N) is 1. The van der Waals surface area contributed by atoms with Crippen molar-refractivity contribution in [3.8, 4) is 5.75 Å². The Kier molecular flexibility index (Phi) is 4.63. The van der Waals surface area contributed by atoms with Crippen LogP contribution in [-0.4, -0.2) is 6.54 Å². The molecule has 100 valence electrons. The van der Waals surface area contributed by atoms with E-state index in [1.54, 1.807) is 12.1 Å². The van der Waals surface area contributed by atoms with Crippen LogP contribution in [0.15, 0.2) is 42.5 Å². The van der Waals surface area contributed by atoms with Crippen molar-refractivity contribution < 1.29 is 9.13 Å². The average molecular weight is 280 g/mol. The number of hydrogen-bond donors (Lipinski definition) is 1. The molecular formula is C15H15ClFNO. The van der Waals surface area contributed by atoms with Gasteiger partial charge in [0.05, 0.1) is 5.02 Å². The summed E-state index contributed by atoms with van der Waals surface area (Å²) >= 11 is 6.12. The van der Waals surface area contributed by atoms with Gasteiger partial charge in [0.1, 0.15) is 18.2 Å². The molecule has 0 saturated heterocycles. The van der Waals surface area contributed by atoms with Crippen LogP contribution in [-0.2, 0) is 6.61 Å². The fourth-order valence-electron chi connectivity index (χ4n) is 1.72. The Bertz CT molecular complexity index is 560. The fraction of sp³-hybridized carbons (Fsp3) is 0.200.